The number of nitrogens with zero attached hydrogens (tertiary/aromatic N) is 1. The average molecular weight is 201 g/mol. The van der Waals surface area contributed by atoms with Crippen LogP contribution in [0.25, 0.3) is 0 Å². The van der Waals surface area contributed by atoms with Gasteiger partial charge in [0.25, 0.3) is 0 Å². The minimum atomic E-state index is -0.324. The van der Waals surface area contributed by atoms with Gasteiger partial charge in [-0.15, -0.1) is 0 Å². The molecular formula is C9H19N3O2. The van der Waals surface area contributed by atoms with E-state index >= 15 is 0 Å². The summed E-state index contributed by atoms with van der Waals surface area (Å²) in [4.78, 5) is 13.3. The van der Waals surface area contributed by atoms with Gasteiger partial charge >= 0.3 is 0 Å². The zero-order valence-electron chi connectivity index (χ0n) is 8.84. The maximum atomic E-state index is 11.1. The van der Waals surface area contributed by atoms with E-state index in [4.69, 9.17) is 5.21 Å². The van der Waals surface area contributed by atoms with Crippen LogP contribution in [0.15, 0.2) is 0 Å². The first-order chi connectivity index (χ1) is 6.62. The second-order valence-corrected chi connectivity index (χ2v) is 4.08. The van der Waals surface area contributed by atoms with Crippen LogP contribution in [0.2, 0.25) is 0 Å². The molecule has 0 saturated carbocycles. The Kier molecular flexibility index (Phi) is 3.86. The zero-order chi connectivity index (χ0) is 10.6. The summed E-state index contributed by atoms with van der Waals surface area (Å²) in [7, 11) is 3.91. The van der Waals surface area contributed by atoms with Crippen molar-refractivity contribution in [3.05, 3.63) is 0 Å². The van der Waals surface area contributed by atoms with Gasteiger partial charge in [0.15, 0.2) is 0 Å². The monoisotopic (exact) mass is 201 g/mol. The molecule has 0 spiro atoms. The molecule has 1 amide bonds. The van der Waals surface area contributed by atoms with E-state index < -0.39 is 0 Å². The number of hydroxylamine groups is 1. The fraction of sp³-hybridized carbons (Fsp3) is 0.889. The number of amides is 1. The molecule has 1 fully saturated rings. The predicted octanol–water partition coefficient (Wildman–Crippen LogP) is -0.434. The molecule has 0 bridgehead atoms. The van der Waals surface area contributed by atoms with Gasteiger partial charge in [-0.3, -0.25) is 10.0 Å². The maximum Gasteiger partial charge on any atom is 0.245 e. The van der Waals surface area contributed by atoms with E-state index in [0.717, 1.165) is 25.9 Å². The Morgan fingerprint density at radius 1 is 1.64 bits per heavy atom. The Bertz CT molecular complexity index is 210. The highest BCUT2D eigenvalue weighted by Crippen LogP contribution is 2.23. The fourth-order valence-electron chi connectivity index (χ4n) is 2.15. The number of hydrogen-bond donors (Lipinski definition) is 3. The molecule has 1 unspecified atom stereocenters. The normalized spacial score (nSPS) is 28.8. The molecule has 0 aromatic heterocycles. The molecule has 0 aromatic rings. The molecule has 3 N–H and O–H groups in total. The summed E-state index contributed by atoms with van der Waals surface area (Å²) in [6.45, 7) is 1.92. The van der Waals surface area contributed by atoms with Crippen molar-refractivity contribution in [3.8, 4) is 0 Å². The van der Waals surface area contributed by atoms with Crippen molar-refractivity contribution in [2.24, 2.45) is 0 Å². The number of likely N-dealkylation sites (tertiary alicyclic amines) is 1. The van der Waals surface area contributed by atoms with Gasteiger partial charge in [0.05, 0.1) is 0 Å². The summed E-state index contributed by atoms with van der Waals surface area (Å²) in [5, 5.41) is 11.7. The third-order valence-corrected chi connectivity index (χ3v) is 2.92. The van der Waals surface area contributed by atoms with E-state index in [-0.39, 0.29) is 11.4 Å². The lowest BCUT2D eigenvalue weighted by Crippen LogP contribution is -2.56. The van der Waals surface area contributed by atoms with Gasteiger partial charge in [-0.05, 0) is 33.5 Å². The van der Waals surface area contributed by atoms with Crippen molar-refractivity contribution in [2.45, 2.75) is 24.8 Å². The standard InChI is InChI=1S/C9H19N3O2/c1-10-9(6-8(13)11-14)4-3-5-12(2)7-9/h10,14H,3-7H2,1-2H3,(H,11,13). The van der Waals surface area contributed by atoms with Crippen LogP contribution < -0.4 is 10.8 Å². The molecule has 1 aliphatic rings. The van der Waals surface area contributed by atoms with Crippen molar-refractivity contribution >= 4 is 5.91 Å². The Hall–Kier alpha value is -0.650. The van der Waals surface area contributed by atoms with E-state index in [1.54, 1.807) is 5.48 Å². The van der Waals surface area contributed by atoms with Crippen LogP contribution in [-0.4, -0.2) is 48.7 Å². The Balaban J connectivity index is 2.60. The lowest BCUT2D eigenvalue weighted by atomic mass is 9.86. The second-order valence-electron chi connectivity index (χ2n) is 4.08. The molecule has 1 aliphatic heterocycles. The summed E-state index contributed by atoms with van der Waals surface area (Å²) >= 11 is 0. The number of nitrogens with one attached hydrogen (secondary N) is 2. The van der Waals surface area contributed by atoms with Crippen LogP contribution in [0.5, 0.6) is 0 Å². The van der Waals surface area contributed by atoms with Crippen LogP contribution in [0.3, 0.4) is 0 Å². The third-order valence-electron chi connectivity index (χ3n) is 2.92. The van der Waals surface area contributed by atoms with Gasteiger partial charge in [0, 0.05) is 18.5 Å². The molecular weight excluding hydrogens is 182 g/mol. The highest BCUT2D eigenvalue weighted by Gasteiger charge is 2.34. The molecule has 1 atom stereocenters. The van der Waals surface area contributed by atoms with Crippen LogP contribution >= 0.6 is 0 Å². The molecule has 5 nitrogen and oxygen atoms in total. The van der Waals surface area contributed by atoms with Gasteiger partial charge in [0.2, 0.25) is 5.91 Å². The summed E-state index contributed by atoms with van der Waals surface area (Å²) in [6.07, 6.45) is 2.38. The molecule has 14 heavy (non-hydrogen) atoms. The lowest BCUT2D eigenvalue weighted by molar-refractivity contribution is -0.131. The fourth-order valence-corrected chi connectivity index (χ4v) is 2.15. The van der Waals surface area contributed by atoms with E-state index in [0.29, 0.717) is 6.42 Å². The topological polar surface area (TPSA) is 64.6 Å². The molecule has 5 heteroatoms. The van der Waals surface area contributed by atoms with Crippen LogP contribution in [-0.2, 0) is 4.79 Å². The van der Waals surface area contributed by atoms with E-state index in [2.05, 4.69) is 10.2 Å². The SMILES string of the molecule is CNC1(CC(=O)NO)CCCN(C)C1. The molecule has 1 heterocycles. The van der Waals surface area contributed by atoms with Crippen LogP contribution in [0.4, 0.5) is 0 Å². The number of likely N-dealkylation sites (N-methyl/N-ethyl adjacent to an activating group) is 2. The van der Waals surface area contributed by atoms with Crippen molar-refractivity contribution in [1.29, 1.82) is 0 Å². The molecule has 1 saturated heterocycles. The molecule has 0 aliphatic carbocycles. The average Bonchev–Trinajstić information content (AvgIpc) is 2.17. The Morgan fingerprint density at radius 2 is 2.36 bits per heavy atom. The smallest absolute Gasteiger partial charge is 0.245 e. The van der Waals surface area contributed by atoms with Gasteiger partial charge < -0.3 is 10.2 Å². The van der Waals surface area contributed by atoms with Gasteiger partial charge in [-0.2, -0.15) is 0 Å². The van der Waals surface area contributed by atoms with E-state index in [1.807, 2.05) is 14.1 Å². The molecule has 1 rings (SSSR count). The summed E-state index contributed by atoms with van der Waals surface area (Å²) < 4.78 is 0. The van der Waals surface area contributed by atoms with Crippen LogP contribution in [0.1, 0.15) is 19.3 Å². The minimum absolute atomic E-state index is 0.181. The largest absolute Gasteiger partial charge is 0.313 e. The lowest BCUT2D eigenvalue weighted by Gasteiger charge is -2.40. The van der Waals surface area contributed by atoms with Crippen molar-refractivity contribution in [3.63, 3.8) is 0 Å². The number of carbonyl (C=O) groups is 1. The quantitative estimate of drug-likeness (QED) is 0.428. The van der Waals surface area contributed by atoms with Crippen LogP contribution in [0, 0.1) is 0 Å². The highest BCUT2D eigenvalue weighted by molar-refractivity contribution is 5.76. The first-order valence-corrected chi connectivity index (χ1v) is 4.92. The van der Waals surface area contributed by atoms with Gasteiger partial charge in [-0.1, -0.05) is 0 Å². The Morgan fingerprint density at radius 3 is 2.86 bits per heavy atom. The van der Waals surface area contributed by atoms with Gasteiger partial charge in [0.1, 0.15) is 0 Å². The zero-order valence-corrected chi connectivity index (χ0v) is 8.84. The molecule has 82 valence electrons. The maximum absolute atomic E-state index is 11.1. The number of piperidine rings is 1. The number of carbonyl (C=O) groups excluding carboxylic acids is 1. The molecule has 0 aromatic carbocycles. The highest BCUT2D eigenvalue weighted by atomic mass is 16.5. The van der Waals surface area contributed by atoms with Crippen molar-refractivity contribution in [2.75, 3.05) is 27.2 Å². The first kappa shape index (κ1) is 11.4. The predicted molar refractivity (Wildman–Crippen MR) is 53.1 cm³/mol. The Labute approximate surface area is 84.4 Å². The number of hydrogen-bond acceptors (Lipinski definition) is 4. The van der Waals surface area contributed by atoms with Crippen molar-refractivity contribution < 1.29 is 10.0 Å². The van der Waals surface area contributed by atoms with E-state index in [9.17, 15) is 4.79 Å². The second kappa shape index (κ2) is 4.72. The van der Waals surface area contributed by atoms with Crippen molar-refractivity contribution in [1.82, 2.24) is 15.7 Å². The van der Waals surface area contributed by atoms with E-state index in [1.165, 1.54) is 0 Å². The van der Waals surface area contributed by atoms with Gasteiger partial charge in [-0.25, -0.2) is 5.48 Å². The number of rotatable bonds is 3. The molecule has 0 radical (unpaired) electrons. The summed E-state index contributed by atoms with van der Waals surface area (Å²) in [6, 6.07) is 0. The summed E-state index contributed by atoms with van der Waals surface area (Å²) in [5.41, 5.74) is 1.51. The minimum Gasteiger partial charge on any atom is -0.313 e. The third kappa shape index (κ3) is 2.67. The first-order valence-electron chi connectivity index (χ1n) is 4.92. The summed E-state index contributed by atoms with van der Waals surface area (Å²) in [5.74, 6) is -0.324.